The topological polar surface area (TPSA) is 95.9 Å². The molecule has 0 aliphatic rings. The van der Waals surface area contributed by atoms with Gasteiger partial charge in [0.05, 0.1) is 25.4 Å². The first-order chi connectivity index (χ1) is 32.0. The number of ether oxygens (including phenoxy) is 1. The third-order valence-electron chi connectivity index (χ3n) is 13.1. The Balaban J connectivity index is 3.40. The summed E-state index contributed by atoms with van der Waals surface area (Å²) in [5, 5.41) is 22.9. The molecule has 6 heteroatoms. The summed E-state index contributed by atoms with van der Waals surface area (Å²) in [5.41, 5.74) is 0. The number of amides is 1. The normalized spacial score (nSPS) is 12.9. The first kappa shape index (κ1) is 63.1. The van der Waals surface area contributed by atoms with Gasteiger partial charge in [-0.25, -0.2) is 0 Å². The van der Waals surface area contributed by atoms with E-state index < -0.39 is 12.1 Å². The molecule has 2 unspecified atom stereocenters. The average molecular weight is 915 g/mol. The van der Waals surface area contributed by atoms with Gasteiger partial charge in [0.25, 0.3) is 0 Å². The molecule has 0 aliphatic heterocycles. The highest BCUT2D eigenvalue weighted by molar-refractivity contribution is 5.76. The highest BCUT2D eigenvalue weighted by Gasteiger charge is 2.18. The summed E-state index contributed by atoms with van der Waals surface area (Å²) in [4.78, 5) is 24.4. The van der Waals surface area contributed by atoms with Crippen LogP contribution in [-0.2, 0) is 14.3 Å². The number of carbonyl (C=O) groups is 2. The van der Waals surface area contributed by atoms with E-state index >= 15 is 0 Å². The molecule has 0 aromatic carbocycles. The van der Waals surface area contributed by atoms with E-state index in [1.54, 1.807) is 6.08 Å². The van der Waals surface area contributed by atoms with E-state index in [-0.39, 0.29) is 18.5 Å². The van der Waals surface area contributed by atoms with Crippen LogP contribution in [0.1, 0.15) is 303 Å². The lowest BCUT2D eigenvalue weighted by Crippen LogP contribution is -2.45. The molecule has 0 heterocycles. The number of unbranched alkanes of at least 4 members (excludes halogenated alkanes) is 38. The Kier molecular flexibility index (Phi) is 53.1. The summed E-state index contributed by atoms with van der Waals surface area (Å²) < 4.78 is 5.48. The third kappa shape index (κ3) is 51.3. The number of esters is 1. The predicted molar refractivity (Wildman–Crippen MR) is 283 cm³/mol. The van der Waals surface area contributed by atoms with Crippen LogP contribution in [0.4, 0.5) is 0 Å². The Morgan fingerprint density at radius 1 is 0.415 bits per heavy atom. The summed E-state index contributed by atoms with van der Waals surface area (Å²) in [6.45, 7) is 4.87. The van der Waals surface area contributed by atoms with Crippen LogP contribution in [0.2, 0.25) is 0 Å². The van der Waals surface area contributed by atoms with Crippen LogP contribution in [0.3, 0.4) is 0 Å². The molecule has 3 N–H and O–H groups in total. The van der Waals surface area contributed by atoms with Crippen LogP contribution in [-0.4, -0.2) is 47.4 Å². The molecular formula is C59H111NO5. The first-order valence-electron chi connectivity index (χ1n) is 28.8. The maximum absolute atomic E-state index is 12.4. The van der Waals surface area contributed by atoms with Gasteiger partial charge in [-0.1, -0.05) is 243 Å². The molecule has 0 aliphatic carbocycles. The lowest BCUT2D eigenvalue weighted by molar-refractivity contribution is -0.143. The van der Waals surface area contributed by atoms with Gasteiger partial charge in [-0.05, 0) is 83.5 Å². The first-order valence-corrected chi connectivity index (χ1v) is 28.8. The third-order valence-corrected chi connectivity index (χ3v) is 13.1. The number of hydrogen-bond acceptors (Lipinski definition) is 5. The molecule has 1 amide bonds. The minimum absolute atomic E-state index is 0.00557. The Morgan fingerprint density at radius 3 is 1.09 bits per heavy atom. The van der Waals surface area contributed by atoms with Crippen molar-refractivity contribution < 1.29 is 24.5 Å². The van der Waals surface area contributed by atoms with Gasteiger partial charge in [0.15, 0.2) is 0 Å². The molecule has 0 aromatic rings. The summed E-state index contributed by atoms with van der Waals surface area (Å²) in [6.07, 6.45) is 67.5. The Morgan fingerprint density at radius 2 is 0.723 bits per heavy atom. The fourth-order valence-corrected chi connectivity index (χ4v) is 8.68. The minimum atomic E-state index is -0.846. The van der Waals surface area contributed by atoms with Crippen molar-refractivity contribution in [3.63, 3.8) is 0 Å². The van der Waals surface area contributed by atoms with Crippen LogP contribution >= 0.6 is 0 Å². The van der Waals surface area contributed by atoms with Crippen LogP contribution in [0.15, 0.2) is 36.5 Å². The van der Waals surface area contributed by atoms with Crippen LogP contribution in [0, 0.1) is 0 Å². The monoisotopic (exact) mass is 914 g/mol. The lowest BCUT2D eigenvalue weighted by Gasteiger charge is -2.20. The van der Waals surface area contributed by atoms with Gasteiger partial charge in [0, 0.05) is 12.8 Å². The second-order valence-electron chi connectivity index (χ2n) is 19.6. The fourth-order valence-electron chi connectivity index (χ4n) is 8.68. The van der Waals surface area contributed by atoms with Crippen molar-refractivity contribution in [2.75, 3.05) is 13.2 Å². The standard InChI is InChI=1S/C59H111NO5/c1-3-5-7-9-11-13-14-15-16-23-27-30-33-37-41-45-49-53-59(64)65-54-50-46-42-38-34-31-28-25-22-20-18-17-19-21-24-26-29-32-36-40-44-48-52-58(63)60-56(55-61)57(62)51-47-43-39-35-12-10-8-6-4-2/h15-16,19,21,47,51,56-57,61-62H,3-14,17-18,20,22-46,48-50,52-55H2,1-2H3,(H,60,63)/b16-15-,21-19-,51-47+. The van der Waals surface area contributed by atoms with E-state index in [1.165, 1.54) is 225 Å². The minimum Gasteiger partial charge on any atom is -0.466 e. The molecule has 0 fully saturated rings. The maximum Gasteiger partial charge on any atom is 0.305 e. The zero-order valence-corrected chi connectivity index (χ0v) is 43.5. The fraction of sp³-hybridized carbons (Fsp3) is 0.864. The van der Waals surface area contributed by atoms with Crippen molar-refractivity contribution in [1.29, 1.82) is 0 Å². The molecule has 0 aromatic heterocycles. The van der Waals surface area contributed by atoms with Crippen molar-refractivity contribution in [2.24, 2.45) is 0 Å². The van der Waals surface area contributed by atoms with E-state index in [2.05, 4.69) is 43.5 Å². The number of hydrogen-bond donors (Lipinski definition) is 3. The molecule has 0 rings (SSSR count). The SMILES string of the molecule is CCCCCCCC/C=C\CCCCCCCCCC(=O)OCCCCCCCCCCCCC/C=C\CCCCCCCCCC(=O)NC(CO)C(O)/C=C/CCCCCCCCC. The van der Waals surface area contributed by atoms with Crippen molar-refractivity contribution in [2.45, 2.75) is 315 Å². The van der Waals surface area contributed by atoms with Gasteiger partial charge in [-0.15, -0.1) is 0 Å². The van der Waals surface area contributed by atoms with Crippen molar-refractivity contribution >= 4 is 11.9 Å². The summed E-state index contributed by atoms with van der Waals surface area (Å²) in [7, 11) is 0. The van der Waals surface area contributed by atoms with Gasteiger partial charge in [0.1, 0.15) is 0 Å². The van der Waals surface area contributed by atoms with E-state index in [0.29, 0.717) is 19.4 Å². The molecule has 0 saturated carbocycles. The Hall–Kier alpha value is -1.92. The number of carbonyl (C=O) groups excluding carboxylic acids is 2. The van der Waals surface area contributed by atoms with E-state index in [1.807, 2.05) is 6.08 Å². The number of allylic oxidation sites excluding steroid dienone is 5. The predicted octanol–water partition coefficient (Wildman–Crippen LogP) is 17.6. The number of aliphatic hydroxyl groups is 2. The molecule has 65 heavy (non-hydrogen) atoms. The van der Waals surface area contributed by atoms with Gasteiger partial charge < -0.3 is 20.3 Å². The van der Waals surface area contributed by atoms with Gasteiger partial charge in [-0.3, -0.25) is 9.59 Å². The van der Waals surface area contributed by atoms with Crippen molar-refractivity contribution in [1.82, 2.24) is 5.32 Å². The van der Waals surface area contributed by atoms with Crippen LogP contribution in [0.25, 0.3) is 0 Å². The summed E-state index contributed by atoms with van der Waals surface area (Å²) in [5.74, 6) is -0.0724. The largest absolute Gasteiger partial charge is 0.466 e. The van der Waals surface area contributed by atoms with Crippen molar-refractivity contribution in [3.8, 4) is 0 Å². The molecule has 0 radical (unpaired) electrons. The summed E-state index contributed by atoms with van der Waals surface area (Å²) >= 11 is 0. The molecular weight excluding hydrogens is 803 g/mol. The number of nitrogens with one attached hydrogen (secondary N) is 1. The lowest BCUT2D eigenvalue weighted by atomic mass is 10.0. The smallest absolute Gasteiger partial charge is 0.305 e. The Labute approximate surface area is 404 Å². The highest BCUT2D eigenvalue weighted by atomic mass is 16.5. The molecule has 0 bridgehead atoms. The number of rotatable bonds is 53. The zero-order chi connectivity index (χ0) is 47.2. The summed E-state index contributed by atoms with van der Waals surface area (Å²) in [6, 6.07) is -0.631. The highest BCUT2D eigenvalue weighted by Crippen LogP contribution is 2.16. The van der Waals surface area contributed by atoms with Gasteiger partial charge in [-0.2, -0.15) is 0 Å². The molecule has 0 saturated heterocycles. The van der Waals surface area contributed by atoms with Crippen LogP contribution in [0.5, 0.6) is 0 Å². The van der Waals surface area contributed by atoms with E-state index in [9.17, 15) is 19.8 Å². The Bertz CT molecular complexity index is 1060. The van der Waals surface area contributed by atoms with Gasteiger partial charge in [0.2, 0.25) is 5.91 Å². The second kappa shape index (κ2) is 54.7. The van der Waals surface area contributed by atoms with Crippen molar-refractivity contribution in [3.05, 3.63) is 36.5 Å². The van der Waals surface area contributed by atoms with E-state index in [4.69, 9.17) is 4.74 Å². The van der Waals surface area contributed by atoms with Gasteiger partial charge >= 0.3 is 5.97 Å². The molecule has 6 nitrogen and oxygen atoms in total. The molecule has 0 spiro atoms. The quantitative estimate of drug-likeness (QED) is 0.0321. The number of aliphatic hydroxyl groups excluding tert-OH is 2. The van der Waals surface area contributed by atoms with E-state index in [0.717, 1.165) is 51.4 Å². The molecule has 382 valence electrons. The van der Waals surface area contributed by atoms with Crippen LogP contribution < -0.4 is 5.32 Å². The maximum atomic E-state index is 12.4. The zero-order valence-electron chi connectivity index (χ0n) is 43.5. The molecule has 2 atom stereocenters. The second-order valence-corrected chi connectivity index (χ2v) is 19.6. The average Bonchev–Trinajstić information content (AvgIpc) is 3.31.